The molecule has 8 nitrogen and oxygen atoms in total. The summed E-state index contributed by atoms with van der Waals surface area (Å²) >= 11 is 0. The molecule has 3 rings (SSSR count). The lowest BCUT2D eigenvalue weighted by Crippen LogP contribution is -2.52. The second-order valence-electron chi connectivity index (χ2n) is 7.65. The molecule has 2 aromatic carbocycles. The van der Waals surface area contributed by atoms with Crippen molar-refractivity contribution in [2.45, 2.75) is 13.8 Å². The molecule has 8 heteroatoms. The second-order valence-corrected chi connectivity index (χ2v) is 7.65. The first kappa shape index (κ1) is 23.0. The number of ether oxygens (including phenoxy) is 2. The van der Waals surface area contributed by atoms with Gasteiger partial charge in [-0.05, 0) is 38.1 Å². The Labute approximate surface area is 186 Å². The van der Waals surface area contributed by atoms with Crippen LogP contribution in [0.1, 0.15) is 31.8 Å². The quantitative estimate of drug-likeness (QED) is 0.641. The first-order valence-electron chi connectivity index (χ1n) is 10.4. The van der Waals surface area contributed by atoms with Gasteiger partial charge in [-0.15, -0.1) is 0 Å². The predicted molar refractivity (Wildman–Crippen MR) is 116 cm³/mol. The van der Waals surface area contributed by atoms with Crippen molar-refractivity contribution < 1.29 is 28.7 Å². The van der Waals surface area contributed by atoms with Gasteiger partial charge < -0.3 is 19.3 Å². The molecule has 0 saturated carbocycles. The van der Waals surface area contributed by atoms with E-state index < -0.39 is 11.9 Å². The third-order valence-corrected chi connectivity index (χ3v) is 5.15. The number of aryl methyl sites for hydroxylation is 2. The minimum absolute atomic E-state index is 0.316. The largest absolute Gasteiger partial charge is 0.452 e. The number of benzene rings is 2. The van der Waals surface area contributed by atoms with E-state index >= 15 is 0 Å². The van der Waals surface area contributed by atoms with Crippen LogP contribution in [0.15, 0.2) is 48.5 Å². The van der Waals surface area contributed by atoms with Gasteiger partial charge >= 0.3 is 11.9 Å². The zero-order chi connectivity index (χ0) is 23.1. The van der Waals surface area contributed by atoms with Gasteiger partial charge in [0.2, 0.25) is 0 Å². The zero-order valence-electron chi connectivity index (χ0n) is 18.2. The molecule has 0 atom stereocenters. The van der Waals surface area contributed by atoms with E-state index in [9.17, 15) is 19.2 Å². The predicted octanol–water partition coefficient (Wildman–Crippen LogP) is 1.99. The minimum atomic E-state index is -0.550. The highest BCUT2D eigenvalue weighted by molar-refractivity contribution is 5.92. The summed E-state index contributed by atoms with van der Waals surface area (Å²) in [6, 6.07) is 13.9. The van der Waals surface area contributed by atoms with E-state index in [1.807, 2.05) is 26.0 Å². The van der Waals surface area contributed by atoms with Gasteiger partial charge in [-0.1, -0.05) is 35.4 Å². The summed E-state index contributed by atoms with van der Waals surface area (Å²) < 4.78 is 10.2. The molecule has 0 unspecified atom stereocenters. The number of carbonyl (C=O) groups excluding carboxylic acids is 4. The van der Waals surface area contributed by atoms with Gasteiger partial charge in [0, 0.05) is 26.2 Å². The maximum atomic E-state index is 12.4. The summed E-state index contributed by atoms with van der Waals surface area (Å²) in [6.07, 6.45) is 0. The lowest BCUT2D eigenvalue weighted by molar-refractivity contribution is -0.142. The van der Waals surface area contributed by atoms with Gasteiger partial charge in [-0.25, -0.2) is 9.59 Å². The van der Waals surface area contributed by atoms with E-state index in [1.165, 1.54) is 0 Å². The third kappa shape index (κ3) is 6.16. The van der Waals surface area contributed by atoms with Gasteiger partial charge in [0.25, 0.3) is 11.8 Å². The van der Waals surface area contributed by atoms with E-state index in [-0.39, 0.29) is 25.0 Å². The molecule has 1 saturated heterocycles. The van der Waals surface area contributed by atoms with Crippen molar-refractivity contribution in [3.63, 3.8) is 0 Å². The molecule has 0 bridgehead atoms. The van der Waals surface area contributed by atoms with Crippen LogP contribution in [0.2, 0.25) is 0 Å². The van der Waals surface area contributed by atoms with Crippen molar-refractivity contribution in [3.8, 4) is 0 Å². The first-order chi connectivity index (χ1) is 15.3. The maximum Gasteiger partial charge on any atom is 0.338 e. The van der Waals surface area contributed by atoms with E-state index in [0.717, 1.165) is 11.1 Å². The van der Waals surface area contributed by atoms with Crippen LogP contribution in [0.4, 0.5) is 0 Å². The Morgan fingerprint density at radius 2 is 1.06 bits per heavy atom. The van der Waals surface area contributed by atoms with Crippen molar-refractivity contribution in [3.05, 3.63) is 70.8 Å². The number of piperazine rings is 1. The SMILES string of the molecule is Cc1cccc(C(=O)OCC(=O)N2CCN(C(=O)COC(=O)c3cccc(C)c3)CC2)c1. The Balaban J connectivity index is 1.40. The van der Waals surface area contributed by atoms with Crippen molar-refractivity contribution in [2.75, 3.05) is 39.4 Å². The van der Waals surface area contributed by atoms with Crippen LogP contribution >= 0.6 is 0 Å². The van der Waals surface area contributed by atoms with Crippen LogP contribution in [0.25, 0.3) is 0 Å². The van der Waals surface area contributed by atoms with Gasteiger partial charge in [-0.2, -0.15) is 0 Å². The molecule has 32 heavy (non-hydrogen) atoms. The van der Waals surface area contributed by atoms with Crippen LogP contribution < -0.4 is 0 Å². The molecular formula is C24H26N2O6. The Kier molecular flexibility index (Phi) is 7.59. The molecule has 1 aliphatic rings. The fraction of sp³-hybridized carbons (Fsp3) is 0.333. The Bertz CT molecular complexity index is 930. The number of carbonyl (C=O) groups is 4. The molecule has 0 spiro atoms. The molecule has 0 N–H and O–H groups in total. The van der Waals surface area contributed by atoms with Crippen LogP contribution in [0.3, 0.4) is 0 Å². The van der Waals surface area contributed by atoms with Crippen molar-refractivity contribution in [1.82, 2.24) is 9.80 Å². The average Bonchev–Trinajstić information content (AvgIpc) is 2.80. The molecule has 0 radical (unpaired) electrons. The second kappa shape index (κ2) is 10.6. The fourth-order valence-corrected chi connectivity index (χ4v) is 3.35. The van der Waals surface area contributed by atoms with Crippen molar-refractivity contribution in [1.29, 1.82) is 0 Å². The number of amides is 2. The van der Waals surface area contributed by atoms with Gasteiger partial charge in [0.1, 0.15) is 0 Å². The highest BCUT2D eigenvalue weighted by Crippen LogP contribution is 2.09. The lowest BCUT2D eigenvalue weighted by Gasteiger charge is -2.34. The monoisotopic (exact) mass is 438 g/mol. The Hall–Kier alpha value is -3.68. The number of esters is 2. The van der Waals surface area contributed by atoms with E-state index in [0.29, 0.717) is 37.3 Å². The standard InChI is InChI=1S/C24H26N2O6/c1-17-5-3-7-19(13-17)23(29)31-15-21(27)25-9-11-26(12-10-25)22(28)16-32-24(30)20-8-4-6-18(2)14-20/h3-8,13-14H,9-12,15-16H2,1-2H3. The molecule has 2 aromatic rings. The number of hydrogen-bond acceptors (Lipinski definition) is 6. The molecule has 1 aliphatic heterocycles. The number of nitrogens with zero attached hydrogens (tertiary/aromatic N) is 2. The number of rotatable bonds is 6. The highest BCUT2D eigenvalue weighted by Gasteiger charge is 2.25. The van der Waals surface area contributed by atoms with Crippen LogP contribution in [-0.2, 0) is 19.1 Å². The number of hydrogen-bond donors (Lipinski definition) is 0. The third-order valence-electron chi connectivity index (χ3n) is 5.15. The summed E-state index contributed by atoms with van der Waals surface area (Å²) in [5, 5.41) is 0. The zero-order valence-corrected chi connectivity index (χ0v) is 18.2. The molecule has 2 amide bonds. The maximum absolute atomic E-state index is 12.4. The average molecular weight is 438 g/mol. The van der Waals surface area contributed by atoms with E-state index in [2.05, 4.69) is 0 Å². The summed E-state index contributed by atoms with van der Waals surface area (Å²) in [5.41, 5.74) is 2.65. The van der Waals surface area contributed by atoms with Gasteiger partial charge in [0.15, 0.2) is 13.2 Å². The van der Waals surface area contributed by atoms with Gasteiger partial charge in [0.05, 0.1) is 11.1 Å². The van der Waals surface area contributed by atoms with Crippen LogP contribution in [0, 0.1) is 13.8 Å². The molecule has 1 fully saturated rings. The minimum Gasteiger partial charge on any atom is -0.452 e. The summed E-state index contributed by atoms with van der Waals surface area (Å²) in [5.74, 6) is -1.73. The topological polar surface area (TPSA) is 93.2 Å². The fourth-order valence-electron chi connectivity index (χ4n) is 3.35. The van der Waals surface area contributed by atoms with Crippen LogP contribution in [0.5, 0.6) is 0 Å². The van der Waals surface area contributed by atoms with Crippen LogP contribution in [-0.4, -0.2) is 72.9 Å². The Morgan fingerprint density at radius 1 is 0.688 bits per heavy atom. The van der Waals surface area contributed by atoms with Gasteiger partial charge in [-0.3, -0.25) is 9.59 Å². The van der Waals surface area contributed by atoms with Crippen molar-refractivity contribution in [2.24, 2.45) is 0 Å². The van der Waals surface area contributed by atoms with E-state index in [4.69, 9.17) is 9.47 Å². The molecule has 1 heterocycles. The summed E-state index contributed by atoms with van der Waals surface area (Å²) in [6.45, 7) is 4.30. The normalized spacial score (nSPS) is 13.4. The highest BCUT2D eigenvalue weighted by atomic mass is 16.5. The molecular weight excluding hydrogens is 412 g/mol. The Morgan fingerprint density at radius 3 is 1.41 bits per heavy atom. The molecule has 0 aliphatic carbocycles. The first-order valence-corrected chi connectivity index (χ1v) is 10.4. The van der Waals surface area contributed by atoms with E-state index in [1.54, 1.807) is 46.2 Å². The smallest absolute Gasteiger partial charge is 0.338 e. The molecule has 168 valence electrons. The lowest BCUT2D eigenvalue weighted by atomic mass is 10.1. The summed E-state index contributed by atoms with van der Waals surface area (Å²) in [7, 11) is 0. The van der Waals surface area contributed by atoms with Crippen molar-refractivity contribution >= 4 is 23.8 Å². The molecule has 0 aromatic heterocycles. The summed E-state index contributed by atoms with van der Waals surface area (Å²) in [4.78, 5) is 52.0.